The van der Waals surface area contributed by atoms with Crippen LogP contribution in [0.2, 0.25) is 0 Å². The molecule has 0 fully saturated rings. The van der Waals surface area contributed by atoms with Gasteiger partial charge >= 0.3 is 6.18 Å². The number of nitrogens with one attached hydrogen (secondary N) is 2. The van der Waals surface area contributed by atoms with Crippen LogP contribution < -0.4 is 25.8 Å². The minimum atomic E-state index is -4.66. The second kappa shape index (κ2) is 11.0. The van der Waals surface area contributed by atoms with Crippen LogP contribution in [0.4, 0.5) is 18.9 Å². The Balaban J connectivity index is 1.60. The first-order chi connectivity index (χ1) is 18.5. The highest BCUT2D eigenvalue weighted by Crippen LogP contribution is 2.37. The SMILES string of the molecule is COc1ccc(NC(=O)CNC(=O)c2nc(-c3ccc(OC)c4nc(C(F)(F)F)ccc34)oc2[C@H](C)N)cc1. The first kappa shape index (κ1) is 27.4. The van der Waals surface area contributed by atoms with Crippen molar-refractivity contribution in [3.8, 4) is 23.0 Å². The summed E-state index contributed by atoms with van der Waals surface area (Å²) in [7, 11) is 2.83. The summed E-state index contributed by atoms with van der Waals surface area (Å²) in [6, 6.07) is 10.9. The van der Waals surface area contributed by atoms with E-state index in [-0.39, 0.29) is 46.1 Å². The van der Waals surface area contributed by atoms with Gasteiger partial charge in [0, 0.05) is 16.6 Å². The van der Waals surface area contributed by atoms with Crippen LogP contribution in [0, 0.1) is 0 Å². The molecular formula is C26H24F3N5O5. The molecule has 0 spiro atoms. The van der Waals surface area contributed by atoms with Gasteiger partial charge < -0.3 is 30.3 Å². The molecule has 4 rings (SSSR count). The molecule has 0 aliphatic rings. The Kier molecular flexibility index (Phi) is 7.72. The number of amides is 2. The molecule has 0 unspecified atom stereocenters. The predicted octanol–water partition coefficient (Wildman–Crippen LogP) is 4.31. The second-order valence-corrected chi connectivity index (χ2v) is 8.39. The first-order valence-corrected chi connectivity index (χ1v) is 11.6. The summed E-state index contributed by atoms with van der Waals surface area (Å²) >= 11 is 0. The topological polar surface area (TPSA) is 142 Å². The van der Waals surface area contributed by atoms with Gasteiger partial charge in [-0.1, -0.05) is 0 Å². The molecule has 39 heavy (non-hydrogen) atoms. The Morgan fingerprint density at radius 1 is 1.03 bits per heavy atom. The molecule has 204 valence electrons. The van der Waals surface area contributed by atoms with E-state index in [2.05, 4.69) is 20.6 Å². The fourth-order valence-corrected chi connectivity index (χ4v) is 3.74. The van der Waals surface area contributed by atoms with Crippen LogP contribution in [0.1, 0.15) is 34.9 Å². The molecule has 2 aromatic heterocycles. The molecule has 0 aliphatic heterocycles. The summed E-state index contributed by atoms with van der Waals surface area (Å²) in [5.41, 5.74) is 5.44. The number of ether oxygens (including phenoxy) is 2. The summed E-state index contributed by atoms with van der Waals surface area (Å²) in [5, 5.41) is 5.36. The summed E-state index contributed by atoms with van der Waals surface area (Å²) in [4.78, 5) is 33.2. The van der Waals surface area contributed by atoms with Crippen LogP contribution in [0.5, 0.6) is 11.5 Å². The average molecular weight is 544 g/mol. The monoisotopic (exact) mass is 543 g/mol. The van der Waals surface area contributed by atoms with Gasteiger partial charge in [-0.05, 0) is 55.5 Å². The molecule has 0 radical (unpaired) electrons. The number of carbonyl (C=O) groups is 2. The predicted molar refractivity (Wildman–Crippen MR) is 135 cm³/mol. The quantitative estimate of drug-likeness (QED) is 0.299. The number of methoxy groups -OCH3 is 2. The molecular weight excluding hydrogens is 519 g/mol. The zero-order valence-electron chi connectivity index (χ0n) is 21.1. The van der Waals surface area contributed by atoms with Crippen LogP contribution in [0.15, 0.2) is 52.9 Å². The van der Waals surface area contributed by atoms with Gasteiger partial charge in [0.1, 0.15) is 22.7 Å². The Bertz CT molecular complexity index is 1520. The van der Waals surface area contributed by atoms with E-state index in [9.17, 15) is 22.8 Å². The lowest BCUT2D eigenvalue weighted by Crippen LogP contribution is -2.33. The normalized spacial score (nSPS) is 12.2. The van der Waals surface area contributed by atoms with Crippen molar-refractivity contribution in [2.24, 2.45) is 5.73 Å². The summed E-state index contributed by atoms with van der Waals surface area (Å²) in [6.07, 6.45) is -4.66. The molecule has 2 amide bonds. The maximum absolute atomic E-state index is 13.3. The van der Waals surface area contributed by atoms with E-state index in [0.29, 0.717) is 11.4 Å². The molecule has 2 aromatic carbocycles. The number of carbonyl (C=O) groups excluding carboxylic acids is 2. The van der Waals surface area contributed by atoms with Crippen molar-refractivity contribution in [2.75, 3.05) is 26.1 Å². The number of fused-ring (bicyclic) bond motifs is 1. The lowest BCUT2D eigenvalue weighted by atomic mass is 10.1. The standard InChI is InChI=1S/C26H24F3N5O5/c1-13(30)23-22(24(36)31-12-20(35)32-14-4-6-15(37-2)7-5-14)34-25(39-23)17-8-10-18(38-3)21-16(17)9-11-19(33-21)26(27,28)29/h4-11,13H,12,30H2,1-3H3,(H,31,36)(H,32,35)/t13-/m0/s1. The minimum absolute atomic E-state index is 0.0295. The van der Waals surface area contributed by atoms with Crippen LogP contribution in [-0.2, 0) is 11.0 Å². The van der Waals surface area contributed by atoms with Gasteiger partial charge in [-0.25, -0.2) is 9.97 Å². The third-order valence-electron chi connectivity index (χ3n) is 5.63. The number of pyridine rings is 1. The zero-order chi connectivity index (χ0) is 28.3. The van der Waals surface area contributed by atoms with Crippen molar-refractivity contribution in [2.45, 2.75) is 19.1 Å². The van der Waals surface area contributed by atoms with E-state index in [1.807, 2.05) is 0 Å². The maximum Gasteiger partial charge on any atom is 0.433 e. The number of rotatable bonds is 8. The fraction of sp³-hybridized carbons (Fsp3) is 0.231. The number of nitrogens with zero attached hydrogens (tertiary/aromatic N) is 2. The van der Waals surface area contributed by atoms with Crippen molar-refractivity contribution >= 4 is 28.4 Å². The Labute approximate surface area is 220 Å². The van der Waals surface area contributed by atoms with E-state index in [0.717, 1.165) is 6.07 Å². The third kappa shape index (κ3) is 5.93. The van der Waals surface area contributed by atoms with Gasteiger partial charge in [-0.2, -0.15) is 13.2 Å². The van der Waals surface area contributed by atoms with Gasteiger partial charge in [0.25, 0.3) is 5.91 Å². The maximum atomic E-state index is 13.3. The highest BCUT2D eigenvalue weighted by atomic mass is 19.4. The van der Waals surface area contributed by atoms with Crippen LogP contribution >= 0.6 is 0 Å². The van der Waals surface area contributed by atoms with Gasteiger partial charge in [0.2, 0.25) is 11.8 Å². The van der Waals surface area contributed by atoms with Crippen molar-refractivity contribution in [1.82, 2.24) is 15.3 Å². The number of oxazole rings is 1. The number of nitrogens with two attached hydrogens (primary N) is 1. The van der Waals surface area contributed by atoms with E-state index < -0.39 is 29.7 Å². The van der Waals surface area contributed by atoms with Crippen LogP contribution in [0.3, 0.4) is 0 Å². The molecule has 0 saturated carbocycles. The second-order valence-electron chi connectivity index (χ2n) is 8.39. The summed E-state index contributed by atoms with van der Waals surface area (Å²) < 4.78 is 55.8. The summed E-state index contributed by atoms with van der Waals surface area (Å²) in [6.45, 7) is 1.20. The van der Waals surface area contributed by atoms with Gasteiger partial charge in [0.05, 0.1) is 26.8 Å². The third-order valence-corrected chi connectivity index (χ3v) is 5.63. The molecule has 0 saturated heterocycles. The summed E-state index contributed by atoms with van der Waals surface area (Å²) in [5.74, 6) is -0.525. The number of alkyl halides is 3. The highest BCUT2D eigenvalue weighted by molar-refractivity contribution is 6.00. The molecule has 4 aromatic rings. The Morgan fingerprint density at radius 3 is 2.36 bits per heavy atom. The number of hydrogen-bond donors (Lipinski definition) is 3. The molecule has 0 bridgehead atoms. The van der Waals surface area contributed by atoms with Gasteiger partial charge in [-0.15, -0.1) is 0 Å². The lowest BCUT2D eigenvalue weighted by molar-refractivity contribution is -0.141. The molecule has 4 N–H and O–H groups in total. The Hall–Kier alpha value is -4.65. The van der Waals surface area contributed by atoms with Gasteiger partial charge in [0.15, 0.2) is 11.5 Å². The number of benzene rings is 2. The zero-order valence-corrected chi connectivity index (χ0v) is 21.1. The first-order valence-electron chi connectivity index (χ1n) is 11.6. The molecule has 13 heteroatoms. The van der Waals surface area contributed by atoms with E-state index in [1.54, 1.807) is 31.2 Å². The number of anilines is 1. The molecule has 10 nitrogen and oxygen atoms in total. The van der Waals surface area contributed by atoms with E-state index >= 15 is 0 Å². The van der Waals surface area contributed by atoms with Crippen LogP contribution in [0.25, 0.3) is 22.4 Å². The Morgan fingerprint density at radius 2 is 1.74 bits per heavy atom. The van der Waals surface area contributed by atoms with Crippen molar-refractivity contribution in [3.63, 3.8) is 0 Å². The van der Waals surface area contributed by atoms with E-state index in [4.69, 9.17) is 19.6 Å². The van der Waals surface area contributed by atoms with Gasteiger partial charge in [-0.3, -0.25) is 9.59 Å². The minimum Gasteiger partial charge on any atom is -0.497 e. The van der Waals surface area contributed by atoms with Crippen LogP contribution in [-0.4, -0.2) is 42.5 Å². The van der Waals surface area contributed by atoms with Crippen molar-refractivity contribution in [1.29, 1.82) is 0 Å². The highest BCUT2D eigenvalue weighted by Gasteiger charge is 2.33. The molecule has 0 aliphatic carbocycles. The fourth-order valence-electron chi connectivity index (χ4n) is 3.74. The molecule has 2 heterocycles. The van der Waals surface area contributed by atoms with Crippen molar-refractivity contribution in [3.05, 3.63) is 65.7 Å². The smallest absolute Gasteiger partial charge is 0.433 e. The number of halogens is 3. The number of aromatic nitrogens is 2. The van der Waals surface area contributed by atoms with E-state index in [1.165, 1.54) is 32.4 Å². The molecule has 1 atom stereocenters. The largest absolute Gasteiger partial charge is 0.497 e. The average Bonchev–Trinajstić information content (AvgIpc) is 3.36. The number of hydrogen-bond acceptors (Lipinski definition) is 8. The lowest BCUT2D eigenvalue weighted by Gasteiger charge is -2.11. The van der Waals surface area contributed by atoms with Crippen molar-refractivity contribution < 1.29 is 36.7 Å².